The molecule has 0 aromatic heterocycles. The van der Waals surface area contributed by atoms with E-state index in [1.807, 2.05) is 24.3 Å². The summed E-state index contributed by atoms with van der Waals surface area (Å²) < 4.78 is 5.66. The van der Waals surface area contributed by atoms with E-state index >= 15 is 0 Å². The summed E-state index contributed by atoms with van der Waals surface area (Å²) >= 11 is 5.89. The molecular formula is C16H16ClNO. The quantitative estimate of drug-likeness (QED) is 0.914. The van der Waals surface area contributed by atoms with Crippen LogP contribution in [0, 0.1) is 0 Å². The molecular weight excluding hydrogens is 258 g/mol. The van der Waals surface area contributed by atoms with Crippen LogP contribution in [0.5, 0.6) is 5.75 Å². The molecule has 19 heavy (non-hydrogen) atoms. The predicted molar refractivity (Wildman–Crippen MR) is 77.6 cm³/mol. The number of hydrogen-bond acceptors (Lipinski definition) is 2. The number of nitrogens with one attached hydrogen (secondary N) is 1. The molecule has 0 bridgehead atoms. The molecule has 2 nitrogen and oxygen atoms in total. The lowest BCUT2D eigenvalue weighted by Gasteiger charge is -2.26. The topological polar surface area (TPSA) is 21.3 Å². The van der Waals surface area contributed by atoms with Crippen LogP contribution in [0.15, 0.2) is 48.5 Å². The molecule has 0 saturated carbocycles. The first-order chi connectivity index (χ1) is 9.33. The molecule has 0 radical (unpaired) electrons. The maximum absolute atomic E-state index is 5.89. The maximum atomic E-state index is 5.89. The molecule has 0 fully saturated rings. The number of halogens is 1. The van der Waals surface area contributed by atoms with Gasteiger partial charge in [-0.3, -0.25) is 0 Å². The molecule has 1 aliphatic heterocycles. The molecule has 1 N–H and O–H groups in total. The Balaban J connectivity index is 1.69. The van der Waals surface area contributed by atoms with Crippen molar-refractivity contribution >= 4 is 11.6 Å². The van der Waals surface area contributed by atoms with Crippen LogP contribution in [-0.2, 0) is 6.54 Å². The van der Waals surface area contributed by atoms with Gasteiger partial charge in [0.2, 0.25) is 0 Å². The monoisotopic (exact) mass is 273 g/mol. The predicted octanol–water partition coefficient (Wildman–Crippen LogP) is 3.95. The zero-order chi connectivity index (χ0) is 13.1. The highest BCUT2D eigenvalue weighted by Gasteiger charge is 2.20. The van der Waals surface area contributed by atoms with Gasteiger partial charge in [0.25, 0.3) is 0 Å². The molecule has 3 heteroatoms. The number of hydrogen-bond donors (Lipinski definition) is 1. The molecule has 2 aromatic rings. The summed E-state index contributed by atoms with van der Waals surface area (Å²) in [5.74, 6) is 1.00. The first-order valence-electron chi connectivity index (χ1n) is 6.52. The number of fused-ring (bicyclic) bond motifs is 1. The second-order valence-corrected chi connectivity index (χ2v) is 5.17. The third-order valence-electron chi connectivity index (χ3n) is 3.42. The van der Waals surface area contributed by atoms with Crippen molar-refractivity contribution in [3.8, 4) is 5.75 Å². The molecule has 1 heterocycles. The van der Waals surface area contributed by atoms with E-state index in [2.05, 4.69) is 29.6 Å². The van der Waals surface area contributed by atoms with Crippen molar-refractivity contribution in [2.45, 2.75) is 19.0 Å². The first-order valence-corrected chi connectivity index (χ1v) is 6.90. The Kier molecular flexibility index (Phi) is 3.72. The molecule has 1 atom stereocenters. The van der Waals surface area contributed by atoms with Gasteiger partial charge in [0.05, 0.1) is 6.61 Å². The van der Waals surface area contributed by atoms with Crippen LogP contribution in [0.25, 0.3) is 0 Å². The van der Waals surface area contributed by atoms with Crippen molar-refractivity contribution in [2.24, 2.45) is 0 Å². The Morgan fingerprint density at radius 3 is 2.74 bits per heavy atom. The average Bonchev–Trinajstić information content (AvgIpc) is 2.47. The van der Waals surface area contributed by atoms with E-state index in [4.69, 9.17) is 16.3 Å². The maximum Gasteiger partial charge on any atom is 0.124 e. The van der Waals surface area contributed by atoms with Crippen LogP contribution in [-0.4, -0.2) is 6.61 Å². The summed E-state index contributed by atoms with van der Waals surface area (Å²) in [6.07, 6.45) is 1.00. The van der Waals surface area contributed by atoms with E-state index < -0.39 is 0 Å². The zero-order valence-corrected chi connectivity index (χ0v) is 11.4. The Morgan fingerprint density at radius 1 is 1.11 bits per heavy atom. The number of rotatable bonds is 3. The highest BCUT2D eigenvalue weighted by Crippen LogP contribution is 2.31. The second kappa shape index (κ2) is 5.64. The summed E-state index contributed by atoms with van der Waals surface area (Å²) in [5, 5.41) is 4.37. The van der Waals surface area contributed by atoms with E-state index in [0.29, 0.717) is 6.04 Å². The number of benzene rings is 2. The Hall–Kier alpha value is -1.51. The summed E-state index contributed by atoms with van der Waals surface area (Å²) in [7, 11) is 0. The van der Waals surface area contributed by atoms with Crippen LogP contribution >= 0.6 is 11.6 Å². The molecule has 98 valence electrons. The molecule has 1 unspecified atom stereocenters. The van der Waals surface area contributed by atoms with Crippen LogP contribution in [0.4, 0.5) is 0 Å². The second-order valence-electron chi connectivity index (χ2n) is 4.73. The van der Waals surface area contributed by atoms with Crippen LogP contribution in [0.1, 0.15) is 23.6 Å². The summed E-state index contributed by atoms with van der Waals surface area (Å²) in [4.78, 5) is 0. The van der Waals surface area contributed by atoms with Crippen molar-refractivity contribution in [1.29, 1.82) is 0 Å². The molecule has 3 rings (SSSR count). The van der Waals surface area contributed by atoms with Gasteiger partial charge < -0.3 is 10.1 Å². The Morgan fingerprint density at radius 2 is 1.89 bits per heavy atom. The summed E-state index contributed by atoms with van der Waals surface area (Å²) in [6, 6.07) is 16.6. The van der Waals surface area contributed by atoms with Crippen molar-refractivity contribution in [2.75, 3.05) is 6.61 Å². The number of para-hydroxylation sites is 1. The largest absolute Gasteiger partial charge is 0.493 e. The minimum Gasteiger partial charge on any atom is -0.493 e. The average molecular weight is 274 g/mol. The Labute approximate surface area is 118 Å². The molecule has 1 aliphatic rings. The van der Waals surface area contributed by atoms with E-state index in [-0.39, 0.29) is 0 Å². The fourth-order valence-electron chi connectivity index (χ4n) is 2.40. The molecule has 0 spiro atoms. The zero-order valence-electron chi connectivity index (χ0n) is 10.6. The van der Waals surface area contributed by atoms with Gasteiger partial charge in [0.15, 0.2) is 0 Å². The highest BCUT2D eigenvalue weighted by atomic mass is 35.5. The van der Waals surface area contributed by atoms with Gasteiger partial charge in [-0.1, -0.05) is 41.9 Å². The Bertz CT molecular complexity index is 553. The van der Waals surface area contributed by atoms with Gasteiger partial charge in [-0.2, -0.15) is 0 Å². The van der Waals surface area contributed by atoms with E-state index in [0.717, 1.165) is 30.3 Å². The fraction of sp³-hybridized carbons (Fsp3) is 0.250. The lowest BCUT2D eigenvalue weighted by atomic mass is 10.0. The van der Waals surface area contributed by atoms with Gasteiger partial charge in [0, 0.05) is 29.6 Å². The van der Waals surface area contributed by atoms with Crippen molar-refractivity contribution in [3.63, 3.8) is 0 Å². The fourth-order valence-corrected chi connectivity index (χ4v) is 2.52. The van der Waals surface area contributed by atoms with Gasteiger partial charge in [-0.05, 0) is 23.8 Å². The number of ether oxygens (including phenoxy) is 1. The van der Waals surface area contributed by atoms with Gasteiger partial charge in [-0.25, -0.2) is 0 Å². The molecule has 2 aromatic carbocycles. The third-order valence-corrected chi connectivity index (χ3v) is 3.68. The molecule has 0 amide bonds. The highest BCUT2D eigenvalue weighted by molar-refractivity contribution is 6.30. The standard InChI is InChI=1S/C16H16ClNO/c17-13-7-5-12(6-8-13)11-18-15-9-10-19-16-4-2-1-3-14(15)16/h1-8,15,18H,9-11H2. The molecule has 0 saturated heterocycles. The summed E-state index contributed by atoms with van der Waals surface area (Å²) in [6.45, 7) is 1.62. The van der Waals surface area contributed by atoms with E-state index in [1.165, 1.54) is 11.1 Å². The van der Waals surface area contributed by atoms with Gasteiger partial charge >= 0.3 is 0 Å². The van der Waals surface area contributed by atoms with Gasteiger partial charge in [-0.15, -0.1) is 0 Å². The normalized spacial score (nSPS) is 17.6. The third kappa shape index (κ3) is 2.91. The van der Waals surface area contributed by atoms with Gasteiger partial charge in [0.1, 0.15) is 5.75 Å². The van der Waals surface area contributed by atoms with Crippen molar-refractivity contribution in [1.82, 2.24) is 5.32 Å². The van der Waals surface area contributed by atoms with Crippen molar-refractivity contribution in [3.05, 3.63) is 64.7 Å². The van der Waals surface area contributed by atoms with E-state index in [9.17, 15) is 0 Å². The minimum absolute atomic E-state index is 0.362. The van der Waals surface area contributed by atoms with Crippen molar-refractivity contribution < 1.29 is 4.74 Å². The molecule has 0 aliphatic carbocycles. The summed E-state index contributed by atoms with van der Waals surface area (Å²) in [5.41, 5.74) is 2.50. The SMILES string of the molecule is Clc1ccc(CNC2CCOc3ccccc32)cc1. The minimum atomic E-state index is 0.362. The van der Waals surface area contributed by atoms with Crippen LogP contribution in [0.2, 0.25) is 5.02 Å². The lowest BCUT2D eigenvalue weighted by Crippen LogP contribution is -2.26. The smallest absolute Gasteiger partial charge is 0.124 e. The first kappa shape index (κ1) is 12.5. The van der Waals surface area contributed by atoms with E-state index in [1.54, 1.807) is 0 Å². The lowest BCUT2D eigenvalue weighted by molar-refractivity contribution is 0.252. The van der Waals surface area contributed by atoms with Crippen LogP contribution < -0.4 is 10.1 Å². The van der Waals surface area contributed by atoms with Crippen LogP contribution in [0.3, 0.4) is 0 Å².